The first-order chi connectivity index (χ1) is 9.42. The molecule has 1 atom stereocenters. The normalized spacial score (nSPS) is 23.8. The molecule has 2 aliphatic carbocycles. The highest BCUT2D eigenvalue weighted by atomic mass is 14.4. The van der Waals surface area contributed by atoms with Crippen molar-refractivity contribution in [3.63, 3.8) is 0 Å². The van der Waals surface area contributed by atoms with E-state index in [9.17, 15) is 0 Å². The van der Waals surface area contributed by atoms with Crippen molar-refractivity contribution < 1.29 is 0 Å². The molecule has 112 valence electrons. The summed E-state index contributed by atoms with van der Waals surface area (Å²) in [4.78, 5) is 0. The van der Waals surface area contributed by atoms with Crippen LogP contribution < -0.4 is 0 Å². The van der Waals surface area contributed by atoms with Gasteiger partial charge in [0.1, 0.15) is 0 Å². The highest BCUT2D eigenvalue weighted by Gasteiger charge is 2.31. The first kappa shape index (κ1) is 15.4. The van der Waals surface area contributed by atoms with Gasteiger partial charge in [-0.05, 0) is 24.2 Å². The Balaban J connectivity index is 1.75. The second-order valence-corrected chi connectivity index (χ2v) is 7.31. The molecule has 0 amide bonds. The number of hydrogen-bond acceptors (Lipinski definition) is 0. The van der Waals surface area contributed by atoms with Crippen LogP contribution in [0.2, 0.25) is 0 Å². The van der Waals surface area contributed by atoms with Gasteiger partial charge in [-0.15, -0.1) is 0 Å². The molecular weight excluding hydrogens is 228 g/mol. The maximum absolute atomic E-state index is 2.32. The number of rotatable bonds is 8. The van der Waals surface area contributed by atoms with Gasteiger partial charge in [-0.2, -0.15) is 0 Å². The average molecular weight is 264 g/mol. The Bertz CT molecular complexity index is 208. The summed E-state index contributed by atoms with van der Waals surface area (Å²) < 4.78 is 0. The smallest absolute Gasteiger partial charge is 0.0357 e. The van der Waals surface area contributed by atoms with Crippen LogP contribution in [0.1, 0.15) is 103 Å². The van der Waals surface area contributed by atoms with Crippen molar-refractivity contribution in [1.29, 1.82) is 0 Å². The molecule has 19 heavy (non-hydrogen) atoms. The van der Waals surface area contributed by atoms with Crippen LogP contribution in [0, 0.1) is 17.8 Å². The summed E-state index contributed by atoms with van der Waals surface area (Å²) in [5.41, 5.74) is 0. The van der Waals surface area contributed by atoms with E-state index in [0.29, 0.717) is 0 Å². The fourth-order valence-electron chi connectivity index (χ4n) is 4.79. The topological polar surface area (TPSA) is 0 Å². The van der Waals surface area contributed by atoms with E-state index in [0.717, 1.165) is 17.8 Å². The molecule has 1 unspecified atom stereocenters. The minimum Gasteiger partial charge on any atom is -0.0654 e. The fraction of sp³-hybridized carbons (Fsp3) is 1.00. The quantitative estimate of drug-likeness (QED) is 0.426. The van der Waals surface area contributed by atoms with Gasteiger partial charge in [-0.25, -0.2) is 0 Å². The molecule has 2 saturated carbocycles. The van der Waals surface area contributed by atoms with E-state index in [-0.39, 0.29) is 0 Å². The molecule has 0 aromatic heterocycles. The third-order valence-corrected chi connectivity index (χ3v) is 5.90. The van der Waals surface area contributed by atoms with Gasteiger partial charge in [0.05, 0.1) is 0 Å². The molecule has 0 N–H and O–H groups in total. The monoisotopic (exact) mass is 264 g/mol. The summed E-state index contributed by atoms with van der Waals surface area (Å²) in [7, 11) is 0. The zero-order valence-corrected chi connectivity index (χ0v) is 13.3. The molecule has 0 aromatic rings. The minimum absolute atomic E-state index is 1.11. The predicted molar refractivity (Wildman–Crippen MR) is 85.4 cm³/mol. The summed E-state index contributed by atoms with van der Waals surface area (Å²) in [6.07, 6.45) is 22.8. The van der Waals surface area contributed by atoms with Crippen LogP contribution in [0.15, 0.2) is 0 Å². The molecule has 0 radical (unpaired) electrons. The minimum atomic E-state index is 1.11. The maximum Gasteiger partial charge on any atom is -0.0357 e. The lowest BCUT2D eigenvalue weighted by molar-refractivity contribution is 0.164. The number of hydrogen-bond donors (Lipinski definition) is 0. The maximum atomic E-state index is 2.32. The van der Waals surface area contributed by atoms with Gasteiger partial charge in [-0.1, -0.05) is 96.8 Å². The molecule has 0 nitrogen and oxygen atoms in total. The Morgan fingerprint density at radius 2 is 1.21 bits per heavy atom. The first-order valence-electron chi connectivity index (χ1n) is 9.42. The van der Waals surface area contributed by atoms with E-state index in [1.54, 1.807) is 32.1 Å². The molecule has 2 aliphatic rings. The predicted octanol–water partition coefficient (Wildman–Crippen LogP) is 6.73. The van der Waals surface area contributed by atoms with Gasteiger partial charge in [0.15, 0.2) is 0 Å². The Morgan fingerprint density at radius 1 is 0.684 bits per heavy atom. The van der Waals surface area contributed by atoms with Crippen molar-refractivity contribution in [1.82, 2.24) is 0 Å². The van der Waals surface area contributed by atoms with Crippen molar-refractivity contribution >= 4 is 0 Å². The summed E-state index contributed by atoms with van der Waals surface area (Å²) in [5.74, 6) is 3.35. The van der Waals surface area contributed by atoms with Gasteiger partial charge in [-0.3, -0.25) is 0 Å². The zero-order chi connectivity index (χ0) is 13.3. The lowest BCUT2D eigenvalue weighted by Crippen LogP contribution is -2.24. The van der Waals surface area contributed by atoms with E-state index in [4.69, 9.17) is 0 Å². The van der Waals surface area contributed by atoms with E-state index < -0.39 is 0 Å². The van der Waals surface area contributed by atoms with Gasteiger partial charge >= 0.3 is 0 Å². The van der Waals surface area contributed by atoms with Gasteiger partial charge < -0.3 is 0 Å². The molecule has 0 spiro atoms. The molecule has 0 aliphatic heterocycles. The van der Waals surface area contributed by atoms with Gasteiger partial charge in [0.2, 0.25) is 0 Å². The van der Waals surface area contributed by atoms with Crippen molar-refractivity contribution in [2.45, 2.75) is 103 Å². The molecular formula is C19H36. The van der Waals surface area contributed by atoms with Crippen LogP contribution in [0.4, 0.5) is 0 Å². The van der Waals surface area contributed by atoms with Crippen LogP contribution in [-0.2, 0) is 0 Å². The molecule has 0 aromatic carbocycles. The summed E-state index contributed by atoms with van der Waals surface area (Å²) >= 11 is 0. The Hall–Kier alpha value is 0. The lowest BCUT2D eigenvalue weighted by atomic mass is 9.71. The van der Waals surface area contributed by atoms with E-state index in [1.165, 1.54) is 64.2 Å². The van der Waals surface area contributed by atoms with Crippen molar-refractivity contribution in [3.8, 4) is 0 Å². The fourth-order valence-corrected chi connectivity index (χ4v) is 4.79. The van der Waals surface area contributed by atoms with Crippen molar-refractivity contribution in [2.75, 3.05) is 0 Å². The van der Waals surface area contributed by atoms with E-state index in [1.807, 2.05) is 0 Å². The summed E-state index contributed by atoms with van der Waals surface area (Å²) in [5, 5.41) is 0. The summed E-state index contributed by atoms with van der Waals surface area (Å²) in [6, 6.07) is 0. The molecule has 0 bridgehead atoms. The van der Waals surface area contributed by atoms with E-state index >= 15 is 0 Å². The second-order valence-electron chi connectivity index (χ2n) is 7.31. The lowest BCUT2D eigenvalue weighted by Gasteiger charge is -2.34. The highest BCUT2D eigenvalue weighted by molar-refractivity contribution is 4.82. The second kappa shape index (κ2) is 9.03. The average Bonchev–Trinajstić information content (AvgIpc) is 2.98. The van der Waals surface area contributed by atoms with Crippen LogP contribution in [0.5, 0.6) is 0 Å². The molecule has 0 saturated heterocycles. The van der Waals surface area contributed by atoms with Gasteiger partial charge in [0.25, 0.3) is 0 Å². The van der Waals surface area contributed by atoms with Gasteiger partial charge in [0, 0.05) is 0 Å². The van der Waals surface area contributed by atoms with Crippen LogP contribution in [0.3, 0.4) is 0 Å². The first-order valence-corrected chi connectivity index (χ1v) is 9.42. The Morgan fingerprint density at radius 3 is 1.79 bits per heavy atom. The van der Waals surface area contributed by atoms with Crippen LogP contribution >= 0.6 is 0 Å². The standard InChI is InChI=1S/C19H36/c1-2-3-4-5-9-16-19(18-14-10-11-15-18)17-12-7-6-8-13-17/h17-19H,2-16H2,1H3. The molecule has 2 rings (SSSR count). The van der Waals surface area contributed by atoms with E-state index in [2.05, 4.69) is 6.92 Å². The largest absolute Gasteiger partial charge is 0.0654 e. The Labute approximate surface area is 121 Å². The third kappa shape index (κ3) is 5.12. The van der Waals surface area contributed by atoms with Crippen molar-refractivity contribution in [2.24, 2.45) is 17.8 Å². The molecule has 2 fully saturated rings. The highest BCUT2D eigenvalue weighted by Crippen LogP contribution is 2.43. The third-order valence-electron chi connectivity index (χ3n) is 5.90. The zero-order valence-electron chi connectivity index (χ0n) is 13.3. The number of unbranched alkanes of at least 4 members (excludes halogenated alkanes) is 4. The molecule has 0 heteroatoms. The summed E-state index contributed by atoms with van der Waals surface area (Å²) in [6.45, 7) is 2.32. The Kier molecular flexibility index (Phi) is 7.32. The van der Waals surface area contributed by atoms with Crippen LogP contribution in [0.25, 0.3) is 0 Å². The van der Waals surface area contributed by atoms with Crippen LogP contribution in [-0.4, -0.2) is 0 Å². The van der Waals surface area contributed by atoms with Crippen molar-refractivity contribution in [3.05, 3.63) is 0 Å². The SMILES string of the molecule is CCCCCCCC(C1CCCCC1)C1CCCC1. The molecule has 0 heterocycles.